The van der Waals surface area contributed by atoms with Gasteiger partial charge in [-0.25, -0.2) is 0 Å². The summed E-state index contributed by atoms with van der Waals surface area (Å²) in [6.45, 7) is 0. The molecule has 3 aromatic carbocycles. The van der Waals surface area contributed by atoms with E-state index in [1.165, 1.54) is 12.1 Å². The van der Waals surface area contributed by atoms with E-state index in [2.05, 4.69) is 0 Å². The summed E-state index contributed by atoms with van der Waals surface area (Å²) >= 11 is 0. The summed E-state index contributed by atoms with van der Waals surface area (Å²) in [6, 6.07) is 19.0. The van der Waals surface area contributed by atoms with Gasteiger partial charge in [-0.3, -0.25) is 20.2 Å². The Kier molecular flexibility index (Phi) is 4.41. The first-order chi connectivity index (χ1) is 12.5. The Morgan fingerprint density at radius 2 is 1.04 bits per heavy atom. The summed E-state index contributed by atoms with van der Waals surface area (Å²) in [5, 5.41) is 32.3. The Labute approximate surface area is 148 Å². The Hall–Kier alpha value is -4.05. The maximum absolute atomic E-state index is 11.3. The Bertz CT molecular complexity index is 995. The van der Waals surface area contributed by atoms with Gasteiger partial charge in [0, 0.05) is 23.3 Å². The van der Waals surface area contributed by atoms with E-state index in [4.69, 9.17) is 0 Å². The molecule has 26 heavy (non-hydrogen) atoms. The van der Waals surface area contributed by atoms with Crippen LogP contribution in [0.1, 0.15) is 5.56 Å². The van der Waals surface area contributed by atoms with Gasteiger partial charge < -0.3 is 0 Å². The summed E-state index contributed by atoms with van der Waals surface area (Å²) in [6.07, 6.45) is 0. The first-order valence-corrected chi connectivity index (χ1v) is 7.55. The quantitative estimate of drug-likeness (QED) is 0.502. The van der Waals surface area contributed by atoms with Crippen molar-refractivity contribution in [2.24, 2.45) is 0 Å². The molecule has 3 aromatic rings. The minimum absolute atomic E-state index is 0.135. The van der Waals surface area contributed by atoms with Crippen molar-refractivity contribution in [2.75, 3.05) is 0 Å². The third-order valence-corrected chi connectivity index (χ3v) is 3.96. The standard InChI is InChI=1S/C19H11N3O4/c20-12-17-13(15-6-1-3-10-18(15)21(23)24)8-5-9-14(17)16-7-2-4-11-19(16)22(25)26/h1-11H. The van der Waals surface area contributed by atoms with Crippen LogP contribution in [0.4, 0.5) is 11.4 Å². The molecule has 0 saturated heterocycles. The van der Waals surface area contributed by atoms with Gasteiger partial charge in [0.15, 0.2) is 0 Å². The molecule has 0 radical (unpaired) electrons. The molecule has 7 heteroatoms. The average Bonchev–Trinajstić information content (AvgIpc) is 2.67. The van der Waals surface area contributed by atoms with Crippen LogP contribution in [-0.2, 0) is 0 Å². The van der Waals surface area contributed by atoms with Gasteiger partial charge in [-0.2, -0.15) is 5.26 Å². The van der Waals surface area contributed by atoms with E-state index < -0.39 is 9.85 Å². The number of nitriles is 1. The normalized spacial score (nSPS) is 10.1. The van der Waals surface area contributed by atoms with Gasteiger partial charge >= 0.3 is 0 Å². The fourth-order valence-electron chi connectivity index (χ4n) is 2.84. The Morgan fingerprint density at radius 1 is 0.654 bits per heavy atom. The van der Waals surface area contributed by atoms with Gasteiger partial charge in [0.25, 0.3) is 11.4 Å². The van der Waals surface area contributed by atoms with Gasteiger partial charge in [-0.15, -0.1) is 0 Å². The minimum Gasteiger partial charge on any atom is -0.258 e. The first-order valence-electron chi connectivity index (χ1n) is 7.55. The molecule has 0 aromatic heterocycles. The van der Waals surface area contributed by atoms with E-state index in [0.717, 1.165) is 0 Å². The van der Waals surface area contributed by atoms with Crippen molar-refractivity contribution in [3.63, 3.8) is 0 Å². The fourth-order valence-corrected chi connectivity index (χ4v) is 2.84. The van der Waals surface area contributed by atoms with Crippen molar-refractivity contribution in [1.82, 2.24) is 0 Å². The fraction of sp³-hybridized carbons (Fsp3) is 0. The maximum atomic E-state index is 11.3. The lowest BCUT2D eigenvalue weighted by molar-refractivity contribution is -0.384. The molecule has 0 aliphatic carbocycles. The number of hydrogen-bond donors (Lipinski definition) is 0. The number of nitro groups is 2. The summed E-state index contributed by atoms with van der Waals surface area (Å²) in [5.74, 6) is 0. The number of benzene rings is 3. The van der Waals surface area contributed by atoms with Crippen molar-refractivity contribution >= 4 is 11.4 Å². The molecule has 126 valence electrons. The molecule has 0 bridgehead atoms. The van der Waals surface area contributed by atoms with Crippen LogP contribution in [0.25, 0.3) is 22.3 Å². The van der Waals surface area contributed by atoms with E-state index in [0.29, 0.717) is 11.1 Å². The highest BCUT2D eigenvalue weighted by atomic mass is 16.6. The molecule has 0 N–H and O–H groups in total. The van der Waals surface area contributed by atoms with Crippen LogP contribution >= 0.6 is 0 Å². The van der Waals surface area contributed by atoms with Crippen LogP contribution in [0.15, 0.2) is 66.7 Å². The molecule has 0 spiro atoms. The first kappa shape index (κ1) is 16.8. The predicted molar refractivity (Wildman–Crippen MR) is 95.3 cm³/mol. The highest BCUT2D eigenvalue weighted by Crippen LogP contribution is 2.38. The van der Waals surface area contributed by atoms with E-state index in [1.807, 2.05) is 6.07 Å². The van der Waals surface area contributed by atoms with Gasteiger partial charge in [-0.05, 0) is 12.1 Å². The topological polar surface area (TPSA) is 110 Å². The second kappa shape index (κ2) is 6.83. The number of rotatable bonds is 4. The van der Waals surface area contributed by atoms with Gasteiger partial charge in [0.05, 0.1) is 26.5 Å². The molecule has 0 fully saturated rings. The van der Waals surface area contributed by atoms with Crippen molar-refractivity contribution in [3.05, 3.63) is 92.5 Å². The van der Waals surface area contributed by atoms with Crippen molar-refractivity contribution < 1.29 is 9.85 Å². The predicted octanol–water partition coefficient (Wildman–Crippen LogP) is 4.71. The smallest absolute Gasteiger partial charge is 0.258 e. The summed E-state index contributed by atoms with van der Waals surface area (Å²) < 4.78 is 0. The summed E-state index contributed by atoms with van der Waals surface area (Å²) in [4.78, 5) is 21.6. The lowest BCUT2D eigenvalue weighted by atomic mass is 9.91. The number of para-hydroxylation sites is 2. The van der Waals surface area contributed by atoms with Gasteiger partial charge in [-0.1, -0.05) is 42.5 Å². The average molecular weight is 345 g/mol. The number of nitro benzene ring substituents is 2. The van der Waals surface area contributed by atoms with E-state index >= 15 is 0 Å². The Morgan fingerprint density at radius 3 is 1.42 bits per heavy atom. The van der Waals surface area contributed by atoms with Gasteiger partial charge in [0.2, 0.25) is 0 Å². The van der Waals surface area contributed by atoms with Crippen molar-refractivity contribution in [1.29, 1.82) is 5.26 Å². The molecule has 7 nitrogen and oxygen atoms in total. The van der Waals surface area contributed by atoms with E-state index in [-0.39, 0.29) is 28.1 Å². The van der Waals surface area contributed by atoms with E-state index in [1.54, 1.807) is 54.6 Å². The zero-order valence-corrected chi connectivity index (χ0v) is 13.3. The molecule has 0 aliphatic rings. The number of nitrogens with zero attached hydrogens (tertiary/aromatic N) is 3. The third-order valence-electron chi connectivity index (χ3n) is 3.96. The lowest BCUT2D eigenvalue weighted by Crippen LogP contribution is -1.97. The van der Waals surface area contributed by atoms with Crippen LogP contribution in [0.2, 0.25) is 0 Å². The highest BCUT2D eigenvalue weighted by molar-refractivity contribution is 5.87. The molecule has 0 unspecified atom stereocenters. The molecule has 0 atom stereocenters. The molecular weight excluding hydrogens is 334 g/mol. The van der Waals surface area contributed by atoms with Crippen LogP contribution < -0.4 is 0 Å². The summed E-state index contributed by atoms with van der Waals surface area (Å²) in [7, 11) is 0. The Balaban J connectivity index is 2.32. The molecule has 3 rings (SSSR count). The lowest BCUT2D eigenvalue weighted by Gasteiger charge is -2.10. The molecule has 0 saturated carbocycles. The molecule has 0 aliphatic heterocycles. The van der Waals surface area contributed by atoms with Crippen LogP contribution in [0.5, 0.6) is 0 Å². The molecule has 0 heterocycles. The van der Waals surface area contributed by atoms with Crippen LogP contribution in [-0.4, -0.2) is 9.85 Å². The second-order valence-corrected chi connectivity index (χ2v) is 5.39. The third kappa shape index (κ3) is 2.87. The van der Waals surface area contributed by atoms with E-state index in [9.17, 15) is 25.5 Å². The maximum Gasteiger partial charge on any atom is 0.277 e. The zero-order valence-electron chi connectivity index (χ0n) is 13.3. The number of hydrogen-bond acceptors (Lipinski definition) is 5. The minimum atomic E-state index is -0.520. The zero-order chi connectivity index (χ0) is 18.7. The second-order valence-electron chi connectivity index (χ2n) is 5.39. The molecule has 0 amide bonds. The highest BCUT2D eigenvalue weighted by Gasteiger charge is 2.22. The van der Waals surface area contributed by atoms with Crippen LogP contribution in [0.3, 0.4) is 0 Å². The molecular formula is C19H11N3O4. The van der Waals surface area contributed by atoms with Gasteiger partial charge in [0.1, 0.15) is 6.07 Å². The van der Waals surface area contributed by atoms with Crippen molar-refractivity contribution in [2.45, 2.75) is 0 Å². The van der Waals surface area contributed by atoms with Crippen LogP contribution in [0, 0.1) is 31.6 Å². The monoisotopic (exact) mass is 345 g/mol. The van der Waals surface area contributed by atoms with Crippen molar-refractivity contribution in [3.8, 4) is 28.3 Å². The summed E-state index contributed by atoms with van der Waals surface area (Å²) in [5.41, 5.74) is 1.17. The SMILES string of the molecule is N#Cc1c(-c2ccccc2[N+](=O)[O-])cccc1-c1ccccc1[N+](=O)[O-]. The largest absolute Gasteiger partial charge is 0.277 e.